The van der Waals surface area contributed by atoms with Gasteiger partial charge in [-0.2, -0.15) is 0 Å². The number of carbonyl (C=O) groups excluding carboxylic acids is 1. The van der Waals surface area contributed by atoms with Crippen LogP contribution in [0.1, 0.15) is 37.8 Å². The lowest BCUT2D eigenvalue weighted by Crippen LogP contribution is -2.29. The van der Waals surface area contributed by atoms with E-state index >= 15 is 0 Å². The van der Waals surface area contributed by atoms with Crippen LogP contribution in [-0.4, -0.2) is 30.4 Å². The molecule has 1 heterocycles. The second-order valence-corrected chi connectivity index (χ2v) is 5.89. The van der Waals surface area contributed by atoms with Gasteiger partial charge < -0.3 is 10.2 Å². The summed E-state index contributed by atoms with van der Waals surface area (Å²) in [5.74, 6) is 0.318. The molecule has 3 nitrogen and oxygen atoms in total. The quantitative estimate of drug-likeness (QED) is 0.815. The van der Waals surface area contributed by atoms with Crippen LogP contribution in [0.15, 0.2) is 28.7 Å². The molecule has 1 N–H and O–H groups in total. The van der Waals surface area contributed by atoms with Gasteiger partial charge in [0.2, 0.25) is 5.91 Å². The number of halogens is 1. The summed E-state index contributed by atoms with van der Waals surface area (Å²) in [5, 5.41) is 3.51. The number of amides is 1. The summed E-state index contributed by atoms with van der Waals surface area (Å²) in [5.41, 5.74) is 1.28. The Morgan fingerprint density at radius 1 is 1.42 bits per heavy atom. The van der Waals surface area contributed by atoms with Crippen LogP contribution in [-0.2, 0) is 4.79 Å². The molecule has 1 amide bonds. The summed E-state index contributed by atoms with van der Waals surface area (Å²) in [6.45, 7) is 4.93. The lowest BCUT2D eigenvalue weighted by Gasteiger charge is -2.18. The predicted octanol–water partition coefficient (Wildman–Crippen LogP) is 3.11. The van der Waals surface area contributed by atoms with Gasteiger partial charge in [0.25, 0.3) is 0 Å². The van der Waals surface area contributed by atoms with Crippen molar-refractivity contribution >= 4 is 21.8 Å². The Bertz CT molecular complexity index is 436. The minimum absolute atomic E-state index is 0.318. The van der Waals surface area contributed by atoms with E-state index in [1.807, 2.05) is 11.0 Å². The van der Waals surface area contributed by atoms with Gasteiger partial charge in [0, 0.05) is 30.0 Å². The molecule has 0 spiro atoms. The van der Waals surface area contributed by atoms with Crippen LogP contribution in [0.5, 0.6) is 0 Å². The van der Waals surface area contributed by atoms with Gasteiger partial charge in [-0.1, -0.05) is 34.1 Å². The molecule has 0 saturated carbocycles. The smallest absolute Gasteiger partial charge is 0.222 e. The highest BCUT2D eigenvalue weighted by Crippen LogP contribution is 2.22. The maximum Gasteiger partial charge on any atom is 0.222 e. The van der Waals surface area contributed by atoms with Gasteiger partial charge in [-0.3, -0.25) is 4.79 Å². The van der Waals surface area contributed by atoms with E-state index in [1.54, 1.807) is 0 Å². The van der Waals surface area contributed by atoms with E-state index in [4.69, 9.17) is 0 Å². The SMILES string of the molecule is C[C@H](NCCCN1CCCC1=O)c1ccccc1Br. The van der Waals surface area contributed by atoms with E-state index < -0.39 is 0 Å². The fourth-order valence-corrected chi connectivity index (χ4v) is 3.09. The number of benzene rings is 1. The highest BCUT2D eigenvalue weighted by atomic mass is 79.9. The standard InChI is InChI=1S/C15H21BrN2O/c1-12(13-6-2-3-7-14(13)16)17-9-5-11-18-10-4-8-15(18)19/h2-3,6-7,12,17H,4-5,8-11H2,1H3/t12-/m0/s1. The Labute approximate surface area is 123 Å². The molecular formula is C15H21BrN2O. The van der Waals surface area contributed by atoms with Crippen LogP contribution in [0.2, 0.25) is 0 Å². The average Bonchev–Trinajstić information content (AvgIpc) is 2.80. The molecule has 1 aliphatic heterocycles. The molecule has 19 heavy (non-hydrogen) atoms. The lowest BCUT2D eigenvalue weighted by atomic mass is 10.1. The van der Waals surface area contributed by atoms with Crippen LogP contribution in [0.3, 0.4) is 0 Å². The van der Waals surface area contributed by atoms with Crippen molar-refractivity contribution in [2.45, 2.75) is 32.2 Å². The van der Waals surface area contributed by atoms with E-state index in [2.05, 4.69) is 46.4 Å². The first-order valence-electron chi connectivity index (χ1n) is 6.94. The zero-order valence-corrected chi connectivity index (χ0v) is 12.9. The van der Waals surface area contributed by atoms with Crippen LogP contribution < -0.4 is 5.32 Å². The Balaban J connectivity index is 1.71. The maximum absolute atomic E-state index is 11.5. The summed E-state index contributed by atoms with van der Waals surface area (Å²) in [7, 11) is 0. The van der Waals surface area contributed by atoms with Crippen molar-refractivity contribution in [1.29, 1.82) is 0 Å². The molecule has 1 fully saturated rings. The van der Waals surface area contributed by atoms with E-state index in [0.29, 0.717) is 11.9 Å². The summed E-state index contributed by atoms with van der Waals surface area (Å²) < 4.78 is 1.14. The van der Waals surface area contributed by atoms with Crippen LogP contribution >= 0.6 is 15.9 Å². The highest BCUT2D eigenvalue weighted by molar-refractivity contribution is 9.10. The zero-order valence-electron chi connectivity index (χ0n) is 11.4. The average molecular weight is 325 g/mol. The molecule has 0 aliphatic carbocycles. The molecule has 0 bridgehead atoms. The maximum atomic E-state index is 11.5. The molecule has 1 aromatic rings. The first-order chi connectivity index (χ1) is 9.18. The van der Waals surface area contributed by atoms with Crippen molar-refractivity contribution in [3.8, 4) is 0 Å². The van der Waals surface area contributed by atoms with Crippen molar-refractivity contribution in [2.24, 2.45) is 0 Å². The third-order valence-corrected chi connectivity index (χ3v) is 4.32. The number of nitrogens with one attached hydrogen (secondary N) is 1. The Morgan fingerprint density at radius 3 is 2.89 bits per heavy atom. The van der Waals surface area contributed by atoms with E-state index in [-0.39, 0.29) is 0 Å². The van der Waals surface area contributed by atoms with Crippen molar-refractivity contribution in [1.82, 2.24) is 10.2 Å². The number of nitrogens with zero attached hydrogens (tertiary/aromatic N) is 1. The predicted molar refractivity (Wildman–Crippen MR) is 81.0 cm³/mol. The number of hydrogen-bond donors (Lipinski definition) is 1. The minimum Gasteiger partial charge on any atom is -0.343 e. The molecule has 0 radical (unpaired) electrons. The number of carbonyl (C=O) groups is 1. The van der Waals surface area contributed by atoms with Gasteiger partial charge in [0.15, 0.2) is 0 Å². The summed E-state index contributed by atoms with van der Waals surface area (Å²) >= 11 is 3.57. The van der Waals surface area contributed by atoms with Crippen molar-refractivity contribution in [2.75, 3.05) is 19.6 Å². The Kier molecular flexibility index (Phi) is 5.40. The second kappa shape index (κ2) is 7.06. The normalized spacial score (nSPS) is 16.9. The van der Waals surface area contributed by atoms with Crippen molar-refractivity contribution in [3.05, 3.63) is 34.3 Å². The molecule has 0 unspecified atom stereocenters. The van der Waals surface area contributed by atoms with Gasteiger partial charge >= 0.3 is 0 Å². The fourth-order valence-electron chi connectivity index (χ4n) is 2.47. The van der Waals surface area contributed by atoms with Crippen LogP contribution in [0.25, 0.3) is 0 Å². The molecular weight excluding hydrogens is 304 g/mol. The molecule has 2 rings (SSSR count). The van der Waals surface area contributed by atoms with E-state index in [9.17, 15) is 4.79 Å². The molecule has 1 atom stereocenters. The zero-order chi connectivity index (χ0) is 13.7. The Morgan fingerprint density at radius 2 is 2.21 bits per heavy atom. The molecule has 1 aromatic carbocycles. The molecule has 0 aromatic heterocycles. The topological polar surface area (TPSA) is 32.3 Å². The largest absolute Gasteiger partial charge is 0.343 e. The van der Waals surface area contributed by atoms with Gasteiger partial charge in [-0.15, -0.1) is 0 Å². The summed E-state index contributed by atoms with van der Waals surface area (Å²) in [6, 6.07) is 8.60. The number of likely N-dealkylation sites (tertiary alicyclic amines) is 1. The first-order valence-corrected chi connectivity index (χ1v) is 7.73. The third kappa shape index (κ3) is 4.05. The van der Waals surface area contributed by atoms with E-state index in [1.165, 1.54) is 5.56 Å². The van der Waals surface area contributed by atoms with E-state index in [0.717, 1.165) is 43.4 Å². The van der Waals surface area contributed by atoms with Crippen molar-refractivity contribution in [3.63, 3.8) is 0 Å². The highest BCUT2D eigenvalue weighted by Gasteiger charge is 2.19. The second-order valence-electron chi connectivity index (χ2n) is 5.04. The minimum atomic E-state index is 0.318. The van der Waals surface area contributed by atoms with Crippen LogP contribution in [0.4, 0.5) is 0 Å². The summed E-state index contributed by atoms with van der Waals surface area (Å²) in [6.07, 6.45) is 2.78. The summed E-state index contributed by atoms with van der Waals surface area (Å²) in [4.78, 5) is 13.4. The van der Waals surface area contributed by atoms with Gasteiger partial charge in [-0.05, 0) is 37.9 Å². The third-order valence-electron chi connectivity index (χ3n) is 3.60. The van der Waals surface area contributed by atoms with Crippen molar-refractivity contribution < 1.29 is 4.79 Å². The monoisotopic (exact) mass is 324 g/mol. The Hall–Kier alpha value is -0.870. The van der Waals surface area contributed by atoms with Crippen LogP contribution in [0, 0.1) is 0 Å². The first kappa shape index (κ1) is 14.5. The lowest BCUT2D eigenvalue weighted by molar-refractivity contribution is -0.127. The van der Waals surface area contributed by atoms with Gasteiger partial charge in [0.05, 0.1) is 0 Å². The van der Waals surface area contributed by atoms with Gasteiger partial charge in [-0.25, -0.2) is 0 Å². The molecule has 104 valence electrons. The molecule has 4 heteroatoms. The molecule has 1 aliphatic rings. The number of rotatable bonds is 6. The number of hydrogen-bond acceptors (Lipinski definition) is 2. The van der Waals surface area contributed by atoms with Gasteiger partial charge in [0.1, 0.15) is 0 Å². The molecule has 1 saturated heterocycles. The fraction of sp³-hybridized carbons (Fsp3) is 0.533.